The summed E-state index contributed by atoms with van der Waals surface area (Å²) in [6.07, 6.45) is 2.38. The zero-order valence-electron chi connectivity index (χ0n) is 10.6. The van der Waals surface area contributed by atoms with Crippen LogP contribution >= 0.6 is 11.8 Å². The summed E-state index contributed by atoms with van der Waals surface area (Å²) in [5.41, 5.74) is 6.06. The molecule has 0 saturated carbocycles. The van der Waals surface area contributed by atoms with Crippen molar-refractivity contribution in [3.63, 3.8) is 0 Å². The number of benzene rings is 1. The van der Waals surface area contributed by atoms with E-state index in [0.29, 0.717) is 23.7 Å². The summed E-state index contributed by atoms with van der Waals surface area (Å²) < 4.78 is 13.4. The van der Waals surface area contributed by atoms with Gasteiger partial charge in [-0.05, 0) is 24.6 Å². The number of nitrogens with one attached hydrogen (secondary N) is 2. The molecule has 1 aromatic heterocycles. The Balaban J connectivity index is 1.73. The fourth-order valence-electron chi connectivity index (χ4n) is 1.52. The summed E-state index contributed by atoms with van der Waals surface area (Å²) in [5, 5.41) is 9.66. The quantitative estimate of drug-likeness (QED) is 0.430. The van der Waals surface area contributed by atoms with E-state index in [1.54, 1.807) is 0 Å². The Morgan fingerprint density at radius 1 is 1.50 bits per heavy atom. The first kappa shape index (κ1) is 14.3. The van der Waals surface area contributed by atoms with Crippen molar-refractivity contribution >= 4 is 29.0 Å². The topological polar surface area (TPSA) is 96.7 Å². The van der Waals surface area contributed by atoms with Crippen LogP contribution in [0.2, 0.25) is 0 Å². The maximum absolute atomic E-state index is 13.4. The molecule has 0 unspecified atom stereocenters. The fourth-order valence-corrected chi connectivity index (χ4v) is 2.24. The van der Waals surface area contributed by atoms with Crippen molar-refractivity contribution in [2.24, 2.45) is 0 Å². The van der Waals surface area contributed by atoms with Gasteiger partial charge in [-0.2, -0.15) is 5.10 Å². The lowest BCUT2D eigenvalue weighted by molar-refractivity contribution is -0.116. The Kier molecular flexibility index (Phi) is 4.94. The number of nitrogens with zero attached hydrogens (tertiary/aromatic N) is 2. The first-order valence-electron chi connectivity index (χ1n) is 5.98. The van der Waals surface area contributed by atoms with E-state index in [1.807, 2.05) is 0 Å². The minimum Gasteiger partial charge on any atom is -0.399 e. The van der Waals surface area contributed by atoms with Crippen molar-refractivity contribution < 1.29 is 9.18 Å². The van der Waals surface area contributed by atoms with E-state index in [-0.39, 0.29) is 11.6 Å². The highest BCUT2D eigenvalue weighted by Crippen LogP contribution is 2.18. The minimum absolute atomic E-state index is 0.109. The number of halogens is 1. The lowest BCUT2D eigenvalue weighted by Gasteiger charge is -2.07. The van der Waals surface area contributed by atoms with Gasteiger partial charge in [0.15, 0.2) is 5.16 Å². The van der Waals surface area contributed by atoms with E-state index in [1.165, 1.54) is 36.3 Å². The lowest BCUT2D eigenvalue weighted by atomic mass is 10.2. The van der Waals surface area contributed by atoms with E-state index in [2.05, 4.69) is 20.5 Å². The molecule has 4 N–H and O–H groups in total. The molecular weight excluding hydrogens is 281 g/mol. The van der Waals surface area contributed by atoms with Gasteiger partial charge >= 0.3 is 0 Å². The van der Waals surface area contributed by atoms with E-state index >= 15 is 0 Å². The zero-order chi connectivity index (χ0) is 14.4. The number of thioether (sulfide) groups is 1. The Morgan fingerprint density at radius 2 is 2.35 bits per heavy atom. The van der Waals surface area contributed by atoms with Crippen LogP contribution in [0.5, 0.6) is 0 Å². The van der Waals surface area contributed by atoms with Gasteiger partial charge in [-0.15, -0.1) is 0 Å². The average Bonchev–Trinajstić information content (AvgIpc) is 2.92. The first-order chi connectivity index (χ1) is 9.65. The summed E-state index contributed by atoms with van der Waals surface area (Å²) in [4.78, 5) is 15.6. The molecule has 0 atom stereocenters. The van der Waals surface area contributed by atoms with Crippen LogP contribution in [0.15, 0.2) is 29.7 Å². The molecule has 106 valence electrons. The van der Waals surface area contributed by atoms with Crippen LogP contribution in [0.4, 0.5) is 15.8 Å². The maximum Gasteiger partial charge on any atom is 0.224 e. The second-order valence-electron chi connectivity index (χ2n) is 4.03. The molecule has 0 spiro atoms. The third-order valence-electron chi connectivity index (χ3n) is 2.44. The number of nitrogens with two attached hydrogens (primary N) is 1. The normalized spacial score (nSPS) is 10.4. The van der Waals surface area contributed by atoms with Crippen LogP contribution in [-0.4, -0.2) is 26.8 Å². The number of hydrogen-bond acceptors (Lipinski definition) is 5. The molecular formula is C12H14FN5OS. The van der Waals surface area contributed by atoms with Crippen molar-refractivity contribution in [1.82, 2.24) is 15.2 Å². The zero-order valence-corrected chi connectivity index (χ0v) is 11.4. The van der Waals surface area contributed by atoms with Crippen LogP contribution in [0.1, 0.15) is 12.8 Å². The number of aromatic amines is 1. The lowest BCUT2D eigenvalue weighted by Crippen LogP contribution is -2.12. The smallest absolute Gasteiger partial charge is 0.224 e. The van der Waals surface area contributed by atoms with Gasteiger partial charge < -0.3 is 11.1 Å². The van der Waals surface area contributed by atoms with Crippen LogP contribution in [0.25, 0.3) is 0 Å². The number of carbonyl (C=O) groups excluding carboxylic acids is 1. The molecule has 1 amide bonds. The van der Waals surface area contributed by atoms with E-state index < -0.39 is 5.82 Å². The molecule has 0 aliphatic carbocycles. The highest BCUT2D eigenvalue weighted by atomic mass is 32.2. The molecule has 0 saturated heterocycles. The molecule has 20 heavy (non-hydrogen) atoms. The molecule has 1 aromatic carbocycles. The van der Waals surface area contributed by atoms with Gasteiger partial charge in [0.2, 0.25) is 5.91 Å². The van der Waals surface area contributed by atoms with Gasteiger partial charge in [0.1, 0.15) is 12.1 Å². The minimum atomic E-state index is -0.497. The van der Waals surface area contributed by atoms with Gasteiger partial charge in [-0.25, -0.2) is 9.37 Å². The second-order valence-corrected chi connectivity index (χ2v) is 5.11. The Labute approximate surface area is 119 Å². The summed E-state index contributed by atoms with van der Waals surface area (Å²) in [6, 6.07) is 4.07. The summed E-state index contributed by atoms with van der Waals surface area (Å²) in [5.74, 6) is -0.0153. The second kappa shape index (κ2) is 6.90. The highest BCUT2D eigenvalue weighted by Gasteiger charge is 2.07. The molecule has 1 heterocycles. The van der Waals surface area contributed by atoms with Crippen LogP contribution in [0.3, 0.4) is 0 Å². The summed E-state index contributed by atoms with van der Waals surface area (Å²) in [7, 11) is 0. The number of H-pyrrole nitrogens is 1. The SMILES string of the molecule is Nc1ccc(F)c(NC(=O)CCCSc2ncn[nH]2)c1. The third kappa shape index (κ3) is 4.23. The molecule has 0 radical (unpaired) electrons. The van der Waals surface area contributed by atoms with Gasteiger partial charge in [-0.3, -0.25) is 9.89 Å². The highest BCUT2D eigenvalue weighted by molar-refractivity contribution is 7.99. The summed E-state index contributed by atoms with van der Waals surface area (Å²) >= 11 is 1.48. The van der Waals surface area contributed by atoms with Crippen LogP contribution in [-0.2, 0) is 4.79 Å². The van der Waals surface area contributed by atoms with Gasteiger partial charge in [0, 0.05) is 17.9 Å². The number of carbonyl (C=O) groups is 1. The average molecular weight is 295 g/mol. The van der Waals surface area contributed by atoms with Crippen molar-refractivity contribution in [1.29, 1.82) is 0 Å². The maximum atomic E-state index is 13.4. The van der Waals surface area contributed by atoms with Crippen molar-refractivity contribution in [3.05, 3.63) is 30.3 Å². The monoisotopic (exact) mass is 295 g/mol. The molecule has 2 aromatic rings. The number of anilines is 2. The van der Waals surface area contributed by atoms with Gasteiger partial charge in [0.05, 0.1) is 5.69 Å². The molecule has 2 rings (SSSR count). The number of rotatable bonds is 6. The molecule has 0 aliphatic heterocycles. The number of hydrogen-bond donors (Lipinski definition) is 3. The van der Waals surface area contributed by atoms with E-state index in [9.17, 15) is 9.18 Å². The Bertz CT molecular complexity index is 575. The predicted molar refractivity (Wildman–Crippen MR) is 75.8 cm³/mol. The van der Waals surface area contributed by atoms with Crippen LogP contribution in [0, 0.1) is 5.82 Å². The molecule has 0 bridgehead atoms. The standard InChI is InChI=1S/C12H14FN5OS/c13-9-4-3-8(14)6-10(9)17-11(19)2-1-5-20-12-15-7-16-18-12/h3-4,6-7H,1-2,5,14H2,(H,17,19)(H,15,16,18). The van der Waals surface area contributed by atoms with E-state index in [0.717, 1.165) is 5.75 Å². The molecule has 8 heteroatoms. The van der Waals surface area contributed by atoms with Crippen molar-refractivity contribution in [2.45, 2.75) is 18.0 Å². The van der Waals surface area contributed by atoms with Gasteiger partial charge in [-0.1, -0.05) is 11.8 Å². The number of nitrogen functional groups attached to an aromatic ring is 1. The van der Waals surface area contributed by atoms with Crippen molar-refractivity contribution in [3.8, 4) is 0 Å². The predicted octanol–water partition coefficient (Wildman–Crippen LogP) is 2.04. The van der Waals surface area contributed by atoms with E-state index in [4.69, 9.17) is 5.73 Å². The van der Waals surface area contributed by atoms with Gasteiger partial charge in [0.25, 0.3) is 0 Å². The number of amides is 1. The third-order valence-corrected chi connectivity index (χ3v) is 3.41. The number of aromatic nitrogens is 3. The largest absolute Gasteiger partial charge is 0.399 e. The fraction of sp³-hybridized carbons (Fsp3) is 0.250. The summed E-state index contributed by atoms with van der Waals surface area (Å²) in [6.45, 7) is 0. The molecule has 6 nitrogen and oxygen atoms in total. The van der Waals surface area contributed by atoms with Crippen molar-refractivity contribution in [2.75, 3.05) is 16.8 Å². The van der Waals surface area contributed by atoms with Crippen LogP contribution < -0.4 is 11.1 Å². The molecule has 0 aliphatic rings. The first-order valence-corrected chi connectivity index (χ1v) is 6.97. The molecule has 0 fully saturated rings. The Hall–Kier alpha value is -2.09. The Morgan fingerprint density at radius 3 is 3.10 bits per heavy atom.